The minimum absolute atomic E-state index is 0.104. The number of hydrogen-bond acceptors (Lipinski definition) is 6. The number of benzene rings is 1. The van der Waals surface area contributed by atoms with Crippen LogP contribution in [0.15, 0.2) is 34.4 Å². The van der Waals surface area contributed by atoms with Crippen molar-refractivity contribution in [2.24, 2.45) is 0 Å². The molecule has 28 heavy (non-hydrogen) atoms. The van der Waals surface area contributed by atoms with Crippen molar-refractivity contribution < 1.29 is 14.3 Å². The third-order valence-electron chi connectivity index (χ3n) is 4.45. The van der Waals surface area contributed by atoms with Crippen LogP contribution < -0.4 is 5.56 Å². The monoisotopic (exact) mass is 420 g/mol. The fourth-order valence-electron chi connectivity index (χ4n) is 3.01. The molecule has 0 spiro atoms. The van der Waals surface area contributed by atoms with Crippen LogP contribution in [0.3, 0.4) is 0 Å². The Labute approximate surface area is 171 Å². The van der Waals surface area contributed by atoms with Gasteiger partial charge in [-0.05, 0) is 24.1 Å². The topological polar surface area (TPSA) is 70.4 Å². The lowest BCUT2D eigenvalue weighted by Crippen LogP contribution is -2.26. The lowest BCUT2D eigenvalue weighted by atomic mass is 10.1. The first-order valence-corrected chi connectivity index (χ1v) is 10.1. The first kappa shape index (κ1) is 20.5. The van der Waals surface area contributed by atoms with E-state index in [1.54, 1.807) is 23.8 Å². The molecule has 3 rings (SSSR count). The van der Waals surface area contributed by atoms with Crippen LogP contribution in [-0.4, -0.2) is 36.3 Å². The quantitative estimate of drug-likeness (QED) is 0.516. The SMILES string of the molecule is COCCc1nc2scc(-c3ccc(Cl)cc3)c2c(=O)n1CCCC(=O)OC. The number of fused-ring (bicyclic) bond motifs is 1. The third-order valence-corrected chi connectivity index (χ3v) is 5.57. The van der Waals surface area contributed by atoms with Gasteiger partial charge in [0.15, 0.2) is 0 Å². The molecule has 0 amide bonds. The number of esters is 1. The van der Waals surface area contributed by atoms with E-state index in [4.69, 9.17) is 21.3 Å². The van der Waals surface area contributed by atoms with Gasteiger partial charge in [-0.1, -0.05) is 23.7 Å². The van der Waals surface area contributed by atoms with Crippen LogP contribution in [0.25, 0.3) is 21.3 Å². The van der Waals surface area contributed by atoms with Crippen LogP contribution in [-0.2, 0) is 27.2 Å². The Kier molecular flexibility index (Phi) is 6.83. The minimum atomic E-state index is -0.294. The molecule has 1 aromatic carbocycles. The first-order valence-electron chi connectivity index (χ1n) is 8.87. The van der Waals surface area contributed by atoms with Crippen molar-refractivity contribution in [2.75, 3.05) is 20.8 Å². The molecule has 148 valence electrons. The van der Waals surface area contributed by atoms with Gasteiger partial charge in [-0.25, -0.2) is 4.98 Å². The zero-order valence-corrected chi connectivity index (χ0v) is 17.3. The Hall–Kier alpha value is -2.22. The molecule has 0 saturated heterocycles. The van der Waals surface area contributed by atoms with Gasteiger partial charge in [-0.15, -0.1) is 11.3 Å². The summed E-state index contributed by atoms with van der Waals surface area (Å²) in [5.41, 5.74) is 1.65. The molecule has 2 heterocycles. The van der Waals surface area contributed by atoms with E-state index in [9.17, 15) is 9.59 Å². The molecule has 0 bridgehead atoms. The van der Waals surface area contributed by atoms with Gasteiger partial charge in [0.1, 0.15) is 10.7 Å². The van der Waals surface area contributed by atoms with Crippen molar-refractivity contribution in [1.29, 1.82) is 0 Å². The number of hydrogen-bond donors (Lipinski definition) is 0. The Balaban J connectivity index is 2.05. The highest BCUT2D eigenvalue weighted by Gasteiger charge is 2.17. The van der Waals surface area contributed by atoms with Gasteiger partial charge in [0.25, 0.3) is 5.56 Å². The largest absolute Gasteiger partial charge is 0.469 e. The van der Waals surface area contributed by atoms with Crippen molar-refractivity contribution in [3.63, 3.8) is 0 Å². The number of thiophene rings is 1. The number of nitrogens with zero attached hydrogens (tertiary/aromatic N) is 2. The van der Waals surface area contributed by atoms with Crippen molar-refractivity contribution in [1.82, 2.24) is 9.55 Å². The Morgan fingerprint density at radius 1 is 1.25 bits per heavy atom. The molecule has 0 aliphatic rings. The molecule has 0 radical (unpaired) electrons. The molecule has 0 fully saturated rings. The maximum absolute atomic E-state index is 13.3. The number of ether oxygens (including phenoxy) is 2. The maximum atomic E-state index is 13.3. The maximum Gasteiger partial charge on any atom is 0.305 e. The van der Waals surface area contributed by atoms with Gasteiger partial charge in [-0.3, -0.25) is 14.2 Å². The second-order valence-corrected chi connectivity index (χ2v) is 7.54. The summed E-state index contributed by atoms with van der Waals surface area (Å²) in [6.45, 7) is 0.857. The molecular formula is C20H21ClN2O4S. The van der Waals surface area contributed by atoms with E-state index in [0.29, 0.717) is 47.1 Å². The van der Waals surface area contributed by atoms with E-state index in [2.05, 4.69) is 4.74 Å². The van der Waals surface area contributed by atoms with Gasteiger partial charge >= 0.3 is 5.97 Å². The number of carbonyl (C=O) groups is 1. The highest BCUT2D eigenvalue weighted by molar-refractivity contribution is 7.17. The number of methoxy groups -OCH3 is 2. The summed E-state index contributed by atoms with van der Waals surface area (Å²) in [6.07, 6.45) is 1.27. The Morgan fingerprint density at radius 2 is 2.00 bits per heavy atom. The molecule has 3 aromatic rings. The van der Waals surface area contributed by atoms with Gasteiger partial charge in [0.05, 0.1) is 19.1 Å². The van der Waals surface area contributed by atoms with Crippen LogP contribution in [0.4, 0.5) is 0 Å². The second-order valence-electron chi connectivity index (χ2n) is 6.24. The third kappa shape index (κ3) is 4.43. The molecule has 0 aliphatic carbocycles. The summed E-state index contributed by atoms with van der Waals surface area (Å²) in [4.78, 5) is 30.2. The minimum Gasteiger partial charge on any atom is -0.469 e. The van der Waals surface area contributed by atoms with Gasteiger partial charge in [0.2, 0.25) is 0 Å². The molecular weight excluding hydrogens is 400 g/mol. The summed E-state index contributed by atoms with van der Waals surface area (Å²) >= 11 is 7.43. The molecule has 0 aliphatic heterocycles. The number of rotatable bonds is 8. The van der Waals surface area contributed by atoms with Gasteiger partial charge in [0, 0.05) is 42.5 Å². The summed E-state index contributed by atoms with van der Waals surface area (Å²) in [5.74, 6) is 0.367. The number of halogens is 1. The fourth-order valence-corrected chi connectivity index (χ4v) is 4.09. The highest BCUT2D eigenvalue weighted by atomic mass is 35.5. The molecule has 0 unspecified atom stereocenters. The van der Waals surface area contributed by atoms with Crippen LogP contribution in [0.2, 0.25) is 5.02 Å². The van der Waals surface area contributed by atoms with Crippen molar-refractivity contribution in [2.45, 2.75) is 25.8 Å². The average Bonchev–Trinajstić information content (AvgIpc) is 3.12. The predicted molar refractivity (Wildman–Crippen MR) is 111 cm³/mol. The van der Waals surface area contributed by atoms with E-state index in [0.717, 1.165) is 11.1 Å². The molecule has 0 atom stereocenters. The molecule has 0 saturated carbocycles. The van der Waals surface area contributed by atoms with Crippen LogP contribution >= 0.6 is 22.9 Å². The van der Waals surface area contributed by atoms with Crippen molar-refractivity contribution >= 4 is 39.1 Å². The standard InChI is InChI=1S/C20H21ClN2O4S/c1-26-11-9-16-22-19-18(20(25)23(16)10-3-4-17(24)27-2)15(12-28-19)13-5-7-14(21)8-6-13/h5-8,12H,3-4,9-11H2,1-2H3. The zero-order chi connectivity index (χ0) is 20.1. The average molecular weight is 421 g/mol. The smallest absolute Gasteiger partial charge is 0.305 e. The van der Waals surface area contributed by atoms with Crippen LogP contribution in [0.5, 0.6) is 0 Å². The van der Waals surface area contributed by atoms with E-state index >= 15 is 0 Å². The lowest BCUT2D eigenvalue weighted by molar-refractivity contribution is -0.140. The summed E-state index contributed by atoms with van der Waals surface area (Å²) in [5, 5.41) is 3.18. The molecule has 8 heteroatoms. The van der Waals surface area contributed by atoms with Crippen LogP contribution in [0.1, 0.15) is 18.7 Å². The molecule has 2 aromatic heterocycles. The summed E-state index contributed by atoms with van der Waals surface area (Å²) in [7, 11) is 2.97. The zero-order valence-electron chi connectivity index (χ0n) is 15.7. The fraction of sp³-hybridized carbons (Fsp3) is 0.350. The first-order chi connectivity index (χ1) is 13.5. The van der Waals surface area contributed by atoms with Crippen molar-refractivity contribution in [3.8, 4) is 11.1 Å². The number of carbonyl (C=O) groups excluding carboxylic acids is 1. The van der Waals surface area contributed by atoms with Gasteiger partial charge in [-0.2, -0.15) is 0 Å². The van der Waals surface area contributed by atoms with Crippen molar-refractivity contribution in [3.05, 3.63) is 50.8 Å². The summed E-state index contributed by atoms with van der Waals surface area (Å²) in [6, 6.07) is 7.39. The van der Waals surface area contributed by atoms with E-state index in [-0.39, 0.29) is 17.9 Å². The number of aromatic nitrogens is 2. The van der Waals surface area contributed by atoms with Gasteiger partial charge < -0.3 is 9.47 Å². The normalized spacial score (nSPS) is 11.1. The van der Waals surface area contributed by atoms with E-state index in [1.165, 1.54) is 18.4 Å². The highest BCUT2D eigenvalue weighted by Crippen LogP contribution is 2.31. The van der Waals surface area contributed by atoms with Crippen LogP contribution in [0, 0.1) is 0 Å². The Bertz CT molecular complexity index is 1030. The van der Waals surface area contributed by atoms with E-state index in [1.807, 2.05) is 17.5 Å². The summed E-state index contributed by atoms with van der Waals surface area (Å²) < 4.78 is 11.5. The second kappa shape index (κ2) is 9.32. The molecule has 0 N–H and O–H groups in total. The molecule has 6 nitrogen and oxygen atoms in total. The Morgan fingerprint density at radius 3 is 2.68 bits per heavy atom. The lowest BCUT2D eigenvalue weighted by Gasteiger charge is -2.12. The van der Waals surface area contributed by atoms with E-state index < -0.39 is 0 Å². The predicted octanol–water partition coefficient (Wildman–Crippen LogP) is 3.92.